The zero-order chi connectivity index (χ0) is 11.4. The van der Waals surface area contributed by atoms with Gasteiger partial charge >= 0.3 is 12.0 Å². The van der Waals surface area contributed by atoms with Crippen molar-refractivity contribution in [2.75, 3.05) is 14.2 Å². The average molecular weight is 233 g/mol. The van der Waals surface area contributed by atoms with Crippen molar-refractivity contribution in [1.82, 2.24) is 9.97 Å². The third-order valence-corrected chi connectivity index (χ3v) is 1.94. The van der Waals surface area contributed by atoms with Gasteiger partial charge in [-0.2, -0.15) is 9.97 Å². The third-order valence-electron chi connectivity index (χ3n) is 1.56. The molecule has 0 bridgehead atoms. The fourth-order valence-electron chi connectivity index (χ4n) is 0.936. The number of nitrogens with zero attached hydrogens (tertiary/aromatic N) is 2. The number of methoxy groups -OCH3 is 2. The number of ether oxygens (including phenoxy) is 2. The Bertz CT molecular complexity index is 383. The molecule has 0 radical (unpaired) electrons. The fraction of sp³-hybridized carbons (Fsp3) is 0.375. The van der Waals surface area contributed by atoms with Crippen LogP contribution < -0.4 is 9.47 Å². The van der Waals surface area contributed by atoms with Crippen LogP contribution in [0.15, 0.2) is 0 Å². The number of aromatic nitrogens is 2. The van der Waals surface area contributed by atoms with E-state index in [9.17, 15) is 4.79 Å². The molecule has 1 rings (SSSR count). The van der Waals surface area contributed by atoms with Gasteiger partial charge in [0.05, 0.1) is 26.3 Å². The highest BCUT2D eigenvalue weighted by molar-refractivity contribution is 6.32. The van der Waals surface area contributed by atoms with Gasteiger partial charge in [0.25, 0.3) is 0 Å². The molecule has 82 valence electrons. The minimum absolute atomic E-state index is 0.0208. The van der Waals surface area contributed by atoms with Crippen LogP contribution >= 0.6 is 11.6 Å². The summed E-state index contributed by atoms with van der Waals surface area (Å²) in [6.07, 6.45) is -0.311. The molecule has 1 N–H and O–H groups in total. The van der Waals surface area contributed by atoms with Gasteiger partial charge in [-0.15, -0.1) is 0 Å². The Morgan fingerprint density at radius 1 is 1.40 bits per heavy atom. The normalized spacial score (nSPS) is 9.80. The second-order valence-corrected chi connectivity index (χ2v) is 2.93. The highest BCUT2D eigenvalue weighted by atomic mass is 35.5. The summed E-state index contributed by atoms with van der Waals surface area (Å²) in [5, 5.41) is 8.70. The Hall–Kier alpha value is -1.56. The Labute approximate surface area is 90.8 Å². The van der Waals surface area contributed by atoms with Crippen molar-refractivity contribution in [1.29, 1.82) is 0 Å². The summed E-state index contributed by atoms with van der Waals surface area (Å²) in [6.45, 7) is 0. The second kappa shape index (κ2) is 4.79. The number of carboxylic acids is 1. The van der Waals surface area contributed by atoms with E-state index in [1.165, 1.54) is 14.2 Å². The molecular formula is C8H9ClN2O4. The van der Waals surface area contributed by atoms with Crippen LogP contribution in [0.5, 0.6) is 11.9 Å². The lowest BCUT2D eigenvalue weighted by Gasteiger charge is -2.07. The van der Waals surface area contributed by atoms with Gasteiger partial charge in [0.15, 0.2) is 0 Å². The lowest BCUT2D eigenvalue weighted by molar-refractivity contribution is -0.136. The molecule has 0 amide bonds. The quantitative estimate of drug-likeness (QED) is 0.826. The first-order valence-electron chi connectivity index (χ1n) is 3.94. The van der Waals surface area contributed by atoms with Crippen LogP contribution in [-0.2, 0) is 11.2 Å². The Balaban J connectivity index is 3.17. The molecule has 0 aliphatic rings. The van der Waals surface area contributed by atoms with Crippen molar-refractivity contribution in [3.63, 3.8) is 0 Å². The Kier molecular flexibility index (Phi) is 3.68. The van der Waals surface area contributed by atoms with Crippen LogP contribution in [0.3, 0.4) is 0 Å². The lowest BCUT2D eigenvalue weighted by atomic mass is 10.3. The van der Waals surface area contributed by atoms with Crippen molar-refractivity contribution in [2.45, 2.75) is 6.42 Å². The number of rotatable bonds is 4. The average Bonchev–Trinajstić information content (AvgIpc) is 2.20. The van der Waals surface area contributed by atoms with Gasteiger partial charge in [-0.3, -0.25) is 4.79 Å². The second-order valence-electron chi connectivity index (χ2n) is 2.55. The monoisotopic (exact) mass is 232 g/mol. The van der Waals surface area contributed by atoms with Gasteiger partial charge in [0.1, 0.15) is 5.02 Å². The van der Waals surface area contributed by atoms with E-state index in [1.807, 2.05) is 0 Å². The number of hydrogen-bond acceptors (Lipinski definition) is 5. The van der Waals surface area contributed by atoms with Crippen LogP contribution in [0.2, 0.25) is 5.02 Å². The van der Waals surface area contributed by atoms with Crippen LogP contribution in [0, 0.1) is 0 Å². The van der Waals surface area contributed by atoms with Crippen molar-refractivity contribution < 1.29 is 19.4 Å². The predicted octanol–water partition coefficient (Wildman–Crippen LogP) is 0.774. The van der Waals surface area contributed by atoms with Crippen LogP contribution in [0.25, 0.3) is 0 Å². The molecule has 0 fully saturated rings. The molecule has 0 unspecified atom stereocenters. The summed E-state index contributed by atoms with van der Waals surface area (Å²) >= 11 is 5.81. The van der Waals surface area contributed by atoms with E-state index in [0.29, 0.717) is 0 Å². The first-order valence-corrected chi connectivity index (χ1v) is 4.32. The summed E-state index contributed by atoms with van der Waals surface area (Å²) in [4.78, 5) is 18.1. The van der Waals surface area contributed by atoms with E-state index >= 15 is 0 Å². The highest BCUT2D eigenvalue weighted by Crippen LogP contribution is 2.27. The number of carbonyl (C=O) groups is 1. The first-order chi connectivity index (χ1) is 7.08. The summed E-state index contributed by atoms with van der Waals surface area (Å²) in [7, 11) is 2.74. The molecule has 0 aliphatic heterocycles. The molecule has 15 heavy (non-hydrogen) atoms. The van der Waals surface area contributed by atoms with Gasteiger partial charge in [0.2, 0.25) is 5.88 Å². The summed E-state index contributed by atoms with van der Waals surface area (Å²) in [5.41, 5.74) is 0.160. The van der Waals surface area contributed by atoms with Crippen molar-refractivity contribution >= 4 is 17.6 Å². The summed E-state index contributed by atoms with van der Waals surface area (Å²) < 4.78 is 9.63. The number of hydrogen-bond donors (Lipinski definition) is 1. The SMILES string of the molecule is COc1nc(CC(=O)O)c(Cl)c(OC)n1. The first kappa shape index (κ1) is 11.5. The Morgan fingerprint density at radius 2 is 2.07 bits per heavy atom. The lowest BCUT2D eigenvalue weighted by Crippen LogP contribution is -2.06. The smallest absolute Gasteiger partial charge is 0.319 e. The standard InChI is InChI=1S/C8H9ClN2O4/c1-14-7-6(9)4(3-5(12)13)10-8(11-7)15-2/h3H2,1-2H3,(H,12,13). The minimum Gasteiger partial charge on any atom is -0.481 e. The van der Waals surface area contributed by atoms with Gasteiger partial charge in [-0.05, 0) is 0 Å². The molecule has 1 aromatic rings. The zero-order valence-electron chi connectivity index (χ0n) is 8.15. The molecule has 0 saturated carbocycles. The summed E-state index contributed by atoms with van der Waals surface area (Å²) in [5.74, 6) is -0.945. The number of halogens is 1. The molecule has 0 spiro atoms. The number of carboxylic acid groups (broad SMARTS) is 1. The maximum Gasteiger partial charge on any atom is 0.319 e. The predicted molar refractivity (Wildman–Crippen MR) is 51.5 cm³/mol. The van der Waals surface area contributed by atoms with Gasteiger partial charge in [-0.25, -0.2) is 0 Å². The molecule has 0 aromatic carbocycles. The van der Waals surface area contributed by atoms with Gasteiger partial charge in [0, 0.05) is 0 Å². The van der Waals surface area contributed by atoms with Crippen molar-refractivity contribution in [2.24, 2.45) is 0 Å². The molecular weight excluding hydrogens is 224 g/mol. The molecule has 1 aromatic heterocycles. The molecule has 0 aliphatic carbocycles. The van der Waals surface area contributed by atoms with E-state index in [1.54, 1.807) is 0 Å². The summed E-state index contributed by atoms with van der Waals surface area (Å²) in [6, 6.07) is 0.0208. The van der Waals surface area contributed by atoms with E-state index in [0.717, 1.165) is 0 Å². The number of aliphatic carboxylic acids is 1. The van der Waals surface area contributed by atoms with Crippen LogP contribution in [-0.4, -0.2) is 35.3 Å². The maximum absolute atomic E-state index is 10.5. The third kappa shape index (κ3) is 2.69. The van der Waals surface area contributed by atoms with Crippen LogP contribution in [0.4, 0.5) is 0 Å². The minimum atomic E-state index is -1.04. The largest absolute Gasteiger partial charge is 0.481 e. The fourth-order valence-corrected chi connectivity index (χ4v) is 1.16. The zero-order valence-corrected chi connectivity index (χ0v) is 8.91. The molecule has 6 nitrogen and oxygen atoms in total. The highest BCUT2D eigenvalue weighted by Gasteiger charge is 2.15. The van der Waals surface area contributed by atoms with Crippen molar-refractivity contribution in [3.05, 3.63) is 10.7 Å². The van der Waals surface area contributed by atoms with E-state index in [4.69, 9.17) is 26.2 Å². The van der Waals surface area contributed by atoms with Gasteiger partial charge < -0.3 is 14.6 Å². The molecule has 0 atom stereocenters. The molecule has 0 saturated heterocycles. The van der Waals surface area contributed by atoms with E-state index in [2.05, 4.69) is 9.97 Å². The van der Waals surface area contributed by atoms with Crippen molar-refractivity contribution in [3.8, 4) is 11.9 Å². The maximum atomic E-state index is 10.5. The van der Waals surface area contributed by atoms with E-state index in [-0.39, 0.29) is 29.0 Å². The topological polar surface area (TPSA) is 81.5 Å². The van der Waals surface area contributed by atoms with E-state index < -0.39 is 5.97 Å². The van der Waals surface area contributed by atoms with Crippen LogP contribution in [0.1, 0.15) is 5.69 Å². The Morgan fingerprint density at radius 3 is 2.53 bits per heavy atom. The van der Waals surface area contributed by atoms with Gasteiger partial charge in [-0.1, -0.05) is 11.6 Å². The molecule has 1 heterocycles. The molecule has 7 heteroatoms.